The van der Waals surface area contributed by atoms with Crippen LogP contribution < -0.4 is 0 Å². The SMILES string of the molecule is CO[C@@H]1CC([C@H](C)CC(C)C)N(C)C1. The summed E-state index contributed by atoms with van der Waals surface area (Å²) < 4.78 is 5.43. The molecule has 0 aromatic carbocycles. The number of hydrogen-bond acceptors (Lipinski definition) is 2. The third-order valence-electron chi connectivity index (χ3n) is 3.40. The zero-order valence-corrected chi connectivity index (χ0v) is 10.3. The number of nitrogens with zero attached hydrogens (tertiary/aromatic N) is 1. The van der Waals surface area contributed by atoms with Crippen LogP contribution in [0.3, 0.4) is 0 Å². The Labute approximate surface area is 88.6 Å². The fourth-order valence-electron chi connectivity index (χ4n) is 2.72. The molecular weight excluding hydrogens is 174 g/mol. The van der Waals surface area contributed by atoms with Crippen molar-refractivity contribution < 1.29 is 4.74 Å². The largest absolute Gasteiger partial charge is 0.380 e. The van der Waals surface area contributed by atoms with E-state index in [0.717, 1.165) is 24.4 Å². The number of likely N-dealkylation sites (tertiary alicyclic amines) is 1. The summed E-state index contributed by atoms with van der Waals surface area (Å²) in [4.78, 5) is 2.46. The van der Waals surface area contributed by atoms with Crippen LogP contribution in [-0.4, -0.2) is 37.7 Å². The van der Waals surface area contributed by atoms with Crippen LogP contribution in [0.5, 0.6) is 0 Å². The molecule has 0 amide bonds. The molecular formula is C12H25NO. The zero-order valence-electron chi connectivity index (χ0n) is 10.3. The van der Waals surface area contributed by atoms with Crippen molar-refractivity contribution in [1.82, 2.24) is 4.90 Å². The van der Waals surface area contributed by atoms with E-state index in [0.29, 0.717) is 6.10 Å². The number of ether oxygens (including phenoxy) is 1. The molecule has 0 aromatic heterocycles. The molecule has 14 heavy (non-hydrogen) atoms. The van der Waals surface area contributed by atoms with E-state index in [-0.39, 0.29) is 0 Å². The Morgan fingerprint density at radius 1 is 1.36 bits per heavy atom. The number of hydrogen-bond donors (Lipinski definition) is 0. The predicted molar refractivity (Wildman–Crippen MR) is 60.5 cm³/mol. The van der Waals surface area contributed by atoms with E-state index >= 15 is 0 Å². The molecule has 0 saturated carbocycles. The maximum atomic E-state index is 5.43. The Kier molecular flexibility index (Phi) is 4.39. The highest BCUT2D eigenvalue weighted by atomic mass is 16.5. The van der Waals surface area contributed by atoms with Crippen LogP contribution in [0.1, 0.15) is 33.6 Å². The van der Waals surface area contributed by atoms with Gasteiger partial charge in [-0.1, -0.05) is 20.8 Å². The van der Waals surface area contributed by atoms with Gasteiger partial charge in [0, 0.05) is 19.7 Å². The first-order valence-corrected chi connectivity index (χ1v) is 5.77. The van der Waals surface area contributed by atoms with Gasteiger partial charge in [-0.05, 0) is 31.7 Å². The molecule has 0 radical (unpaired) electrons. The summed E-state index contributed by atoms with van der Waals surface area (Å²) in [6.07, 6.45) is 2.99. The van der Waals surface area contributed by atoms with Gasteiger partial charge in [0.05, 0.1) is 6.10 Å². The van der Waals surface area contributed by atoms with E-state index in [4.69, 9.17) is 4.74 Å². The first-order chi connectivity index (χ1) is 6.54. The molecule has 2 nitrogen and oxygen atoms in total. The van der Waals surface area contributed by atoms with Crippen LogP contribution in [0, 0.1) is 11.8 Å². The molecule has 1 aliphatic heterocycles. The van der Waals surface area contributed by atoms with Crippen molar-refractivity contribution in [3.63, 3.8) is 0 Å². The van der Waals surface area contributed by atoms with Gasteiger partial charge in [-0.3, -0.25) is 0 Å². The number of likely N-dealkylation sites (N-methyl/N-ethyl adjacent to an activating group) is 1. The maximum Gasteiger partial charge on any atom is 0.0713 e. The van der Waals surface area contributed by atoms with E-state index < -0.39 is 0 Å². The minimum absolute atomic E-state index is 0.458. The third kappa shape index (κ3) is 2.96. The Morgan fingerprint density at radius 3 is 2.43 bits per heavy atom. The van der Waals surface area contributed by atoms with Crippen LogP contribution in [0.4, 0.5) is 0 Å². The molecule has 1 heterocycles. The van der Waals surface area contributed by atoms with Crippen molar-refractivity contribution in [2.45, 2.75) is 45.8 Å². The molecule has 0 aromatic rings. The fraction of sp³-hybridized carbons (Fsp3) is 1.00. The molecule has 0 N–H and O–H groups in total. The zero-order chi connectivity index (χ0) is 10.7. The lowest BCUT2D eigenvalue weighted by molar-refractivity contribution is 0.111. The summed E-state index contributed by atoms with van der Waals surface area (Å²) in [7, 11) is 4.05. The van der Waals surface area contributed by atoms with Gasteiger partial charge in [-0.15, -0.1) is 0 Å². The van der Waals surface area contributed by atoms with Gasteiger partial charge >= 0.3 is 0 Å². The van der Waals surface area contributed by atoms with Gasteiger partial charge < -0.3 is 9.64 Å². The number of methoxy groups -OCH3 is 1. The van der Waals surface area contributed by atoms with Gasteiger partial charge in [0.25, 0.3) is 0 Å². The van der Waals surface area contributed by atoms with E-state index in [9.17, 15) is 0 Å². The Bertz CT molecular complexity index is 170. The summed E-state index contributed by atoms with van der Waals surface area (Å²) in [5, 5.41) is 0. The lowest BCUT2D eigenvalue weighted by Gasteiger charge is -2.26. The average Bonchev–Trinajstić information content (AvgIpc) is 2.45. The van der Waals surface area contributed by atoms with Crippen LogP contribution in [-0.2, 0) is 4.74 Å². The van der Waals surface area contributed by atoms with E-state index in [1.807, 2.05) is 7.11 Å². The highest BCUT2D eigenvalue weighted by Gasteiger charge is 2.32. The van der Waals surface area contributed by atoms with Crippen LogP contribution in [0.15, 0.2) is 0 Å². The van der Waals surface area contributed by atoms with Crippen LogP contribution in [0.2, 0.25) is 0 Å². The maximum absolute atomic E-state index is 5.43. The Balaban J connectivity index is 2.43. The van der Waals surface area contributed by atoms with Crippen molar-refractivity contribution in [2.24, 2.45) is 11.8 Å². The molecule has 3 atom stereocenters. The van der Waals surface area contributed by atoms with Gasteiger partial charge in [0.1, 0.15) is 0 Å². The molecule has 2 heteroatoms. The van der Waals surface area contributed by atoms with Crippen LogP contribution in [0.25, 0.3) is 0 Å². The lowest BCUT2D eigenvalue weighted by atomic mass is 9.90. The predicted octanol–water partition coefficient (Wildman–Crippen LogP) is 2.39. The first kappa shape index (κ1) is 12.0. The van der Waals surface area contributed by atoms with Crippen molar-refractivity contribution in [1.29, 1.82) is 0 Å². The van der Waals surface area contributed by atoms with E-state index in [1.54, 1.807) is 0 Å². The van der Waals surface area contributed by atoms with Crippen molar-refractivity contribution in [3.8, 4) is 0 Å². The molecule has 1 rings (SSSR count). The number of rotatable bonds is 4. The minimum atomic E-state index is 0.458. The second-order valence-corrected chi connectivity index (χ2v) is 5.21. The molecule has 0 bridgehead atoms. The lowest BCUT2D eigenvalue weighted by Crippen LogP contribution is -2.31. The van der Waals surface area contributed by atoms with Crippen LogP contribution >= 0.6 is 0 Å². The smallest absolute Gasteiger partial charge is 0.0713 e. The summed E-state index contributed by atoms with van der Waals surface area (Å²) in [5.41, 5.74) is 0. The molecule has 0 spiro atoms. The fourth-order valence-corrected chi connectivity index (χ4v) is 2.72. The summed E-state index contributed by atoms with van der Waals surface area (Å²) in [5.74, 6) is 1.60. The molecule has 1 aliphatic rings. The van der Waals surface area contributed by atoms with Crippen molar-refractivity contribution in [2.75, 3.05) is 20.7 Å². The highest BCUT2D eigenvalue weighted by Crippen LogP contribution is 2.27. The second-order valence-electron chi connectivity index (χ2n) is 5.21. The molecule has 0 aliphatic carbocycles. The first-order valence-electron chi connectivity index (χ1n) is 5.77. The molecule has 1 unspecified atom stereocenters. The standard InChI is InChI=1S/C12H25NO/c1-9(2)6-10(3)12-7-11(14-5)8-13(12)4/h9-12H,6-8H2,1-5H3/t10-,11-,12?/m1/s1. The van der Waals surface area contributed by atoms with Gasteiger partial charge in [-0.25, -0.2) is 0 Å². The van der Waals surface area contributed by atoms with E-state index in [2.05, 4.69) is 32.7 Å². The van der Waals surface area contributed by atoms with Crippen molar-refractivity contribution >= 4 is 0 Å². The minimum Gasteiger partial charge on any atom is -0.380 e. The van der Waals surface area contributed by atoms with Gasteiger partial charge in [0.2, 0.25) is 0 Å². The van der Waals surface area contributed by atoms with Gasteiger partial charge in [0.15, 0.2) is 0 Å². The Hall–Kier alpha value is -0.0800. The second kappa shape index (κ2) is 5.13. The van der Waals surface area contributed by atoms with Crippen molar-refractivity contribution in [3.05, 3.63) is 0 Å². The monoisotopic (exact) mass is 199 g/mol. The van der Waals surface area contributed by atoms with Gasteiger partial charge in [-0.2, -0.15) is 0 Å². The van der Waals surface area contributed by atoms with E-state index in [1.165, 1.54) is 12.8 Å². The molecule has 1 saturated heterocycles. The normalized spacial score (nSPS) is 31.3. The highest BCUT2D eigenvalue weighted by molar-refractivity contribution is 4.87. The average molecular weight is 199 g/mol. The summed E-state index contributed by atoms with van der Waals surface area (Å²) in [6.45, 7) is 8.08. The molecule has 1 fully saturated rings. The topological polar surface area (TPSA) is 12.5 Å². The molecule has 84 valence electrons. The summed E-state index contributed by atoms with van der Waals surface area (Å²) >= 11 is 0. The third-order valence-corrected chi connectivity index (χ3v) is 3.40. The Morgan fingerprint density at radius 2 is 2.00 bits per heavy atom. The summed E-state index contributed by atoms with van der Waals surface area (Å²) in [6, 6.07) is 0.724. The quantitative estimate of drug-likeness (QED) is 0.689.